The second kappa shape index (κ2) is 7.01. The van der Waals surface area contributed by atoms with Crippen molar-refractivity contribution in [2.45, 2.75) is 13.8 Å². The van der Waals surface area contributed by atoms with Gasteiger partial charge in [0.2, 0.25) is 0 Å². The number of fused-ring (bicyclic) bond motifs is 1. The number of nitrogens with zero attached hydrogens (tertiary/aromatic N) is 4. The van der Waals surface area contributed by atoms with Gasteiger partial charge in [0.15, 0.2) is 5.82 Å². The first-order valence-corrected chi connectivity index (χ1v) is 9.22. The normalized spacial score (nSPS) is 11.0. The van der Waals surface area contributed by atoms with Gasteiger partial charge >= 0.3 is 0 Å². The summed E-state index contributed by atoms with van der Waals surface area (Å²) in [5.41, 5.74) is 4.19. The Morgan fingerprint density at radius 2 is 1.83 bits per heavy atom. The summed E-state index contributed by atoms with van der Waals surface area (Å²) in [4.78, 5) is 30.1. The van der Waals surface area contributed by atoms with E-state index in [2.05, 4.69) is 15.4 Å². The monoisotopic (exact) mass is 387 g/mol. The lowest BCUT2D eigenvalue weighted by atomic mass is 9.97. The number of hydrogen-bond donors (Lipinski definition) is 1. The maximum atomic E-state index is 13.1. The van der Waals surface area contributed by atoms with Crippen molar-refractivity contribution in [2.75, 3.05) is 5.32 Å². The molecule has 4 aromatic rings. The molecular formula is C22H21N5O2. The molecule has 1 aromatic carbocycles. The van der Waals surface area contributed by atoms with Crippen molar-refractivity contribution in [3.8, 4) is 11.1 Å². The van der Waals surface area contributed by atoms with Gasteiger partial charge in [-0.15, -0.1) is 0 Å². The molecule has 0 radical (unpaired) electrons. The van der Waals surface area contributed by atoms with Crippen molar-refractivity contribution in [1.82, 2.24) is 19.3 Å². The molecular weight excluding hydrogens is 366 g/mol. The zero-order chi connectivity index (χ0) is 20.7. The third-order valence-electron chi connectivity index (χ3n) is 4.99. The molecule has 0 fully saturated rings. The largest absolute Gasteiger partial charge is 0.311 e. The Labute approximate surface area is 167 Å². The molecule has 29 heavy (non-hydrogen) atoms. The van der Waals surface area contributed by atoms with Gasteiger partial charge < -0.3 is 9.88 Å². The van der Waals surface area contributed by atoms with Crippen LogP contribution >= 0.6 is 0 Å². The van der Waals surface area contributed by atoms with Gasteiger partial charge in [-0.1, -0.05) is 6.07 Å². The number of carbonyl (C=O) groups excluding carboxylic acids is 1. The zero-order valence-corrected chi connectivity index (χ0v) is 16.7. The first-order valence-electron chi connectivity index (χ1n) is 9.22. The van der Waals surface area contributed by atoms with Crippen LogP contribution in [0.2, 0.25) is 0 Å². The number of carbonyl (C=O) groups is 1. The number of pyridine rings is 2. The van der Waals surface area contributed by atoms with Crippen molar-refractivity contribution in [3.63, 3.8) is 0 Å². The number of aromatic nitrogens is 4. The van der Waals surface area contributed by atoms with E-state index in [1.54, 1.807) is 53.9 Å². The number of aryl methyl sites for hydroxylation is 4. The molecule has 1 N–H and O–H groups in total. The Hall–Kier alpha value is -3.74. The molecule has 7 heteroatoms. The summed E-state index contributed by atoms with van der Waals surface area (Å²) in [5.74, 6) is 0.197. The summed E-state index contributed by atoms with van der Waals surface area (Å²) in [6.45, 7) is 3.82. The van der Waals surface area contributed by atoms with Crippen LogP contribution in [0.4, 0.5) is 5.82 Å². The molecule has 1 amide bonds. The van der Waals surface area contributed by atoms with Gasteiger partial charge in [0.25, 0.3) is 11.5 Å². The van der Waals surface area contributed by atoms with Crippen LogP contribution in [0, 0.1) is 13.8 Å². The number of hydrogen-bond acceptors (Lipinski definition) is 4. The molecule has 0 spiro atoms. The van der Waals surface area contributed by atoms with Crippen LogP contribution in [0.25, 0.3) is 22.0 Å². The van der Waals surface area contributed by atoms with Crippen molar-refractivity contribution in [1.29, 1.82) is 0 Å². The summed E-state index contributed by atoms with van der Waals surface area (Å²) < 4.78 is 3.24. The predicted octanol–water partition coefficient (Wildman–Crippen LogP) is 3.20. The van der Waals surface area contributed by atoms with E-state index in [0.717, 1.165) is 27.7 Å². The van der Waals surface area contributed by atoms with E-state index in [9.17, 15) is 9.59 Å². The molecule has 0 unspecified atom stereocenters. The first-order chi connectivity index (χ1) is 13.8. The lowest BCUT2D eigenvalue weighted by Crippen LogP contribution is -2.20. The molecule has 0 aliphatic heterocycles. The minimum absolute atomic E-state index is 0.117. The van der Waals surface area contributed by atoms with Gasteiger partial charge in [0, 0.05) is 54.8 Å². The summed E-state index contributed by atoms with van der Waals surface area (Å²) in [5, 5.41) is 7.81. The highest BCUT2D eigenvalue weighted by Crippen LogP contribution is 2.25. The highest BCUT2D eigenvalue weighted by molar-refractivity contribution is 6.04. The predicted molar refractivity (Wildman–Crippen MR) is 113 cm³/mol. The Morgan fingerprint density at radius 1 is 1.03 bits per heavy atom. The van der Waals surface area contributed by atoms with E-state index in [-0.39, 0.29) is 11.5 Å². The molecule has 3 heterocycles. The number of rotatable bonds is 3. The van der Waals surface area contributed by atoms with Gasteiger partial charge in [-0.3, -0.25) is 19.3 Å². The third kappa shape index (κ3) is 3.42. The van der Waals surface area contributed by atoms with E-state index in [4.69, 9.17) is 0 Å². The Morgan fingerprint density at radius 3 is 2.55 bits per heavy atom. The second-order valence-electron chi connectivity index (χ2n) is 7.17. The molecule has 146 valence electrons. The minimum atomic E-state index is -0.278. The lowest BCUT2D eigenvalue weighted by molar-refractivity contribution is 0.102. The average molecular weight is 387 g/mol. The maximum Gasteiger partial charge on any atom is 0.258 e. The quantitative estimate of drug-likeness (QED) is 0.585. The summed E-state index contributed by atoms with van der Waals surface area (Å²) in [7, 11) is 3.53. The average Bonchev–Trinajstić information content (AvgIpc) is 3.10. The topological polar surface area (TPSA) is 81.8 Å². The zero-order valence-electron chi connectivity index (χ0n) is 16.7. The fraction of sp³-hybridized carbons (Fsp3) is 0.182. The Bertz CT molecular complexity index is 1320. The standard InChI is InChI=1S/C22H21N5O2/c1-13-5-6-15(21(28)24-20-7-8-26(3)25-20)10-17(13)18-11-16-12-23-14(2)9-19(16)27(4)22(18)29/h5-12H,1-4H3,(H,24,25,28). The van der Waals surface area contributed by atoms with Crippen molar-refractivity contribution >= 4 is 22.6 Å². The molecule has 0 saturated heterocycles. The fourth-order valence-corrected chi connectivity index (χ4v) is 3.38. The number of anilines is 1. The Balaban J connectivity index is 1.80. The fourth-order valence-electron chi connectivity index (χ4n) is 3.38. The van der Waals surface area contributed by atoms with E-state index in [0.29, 0.717) is 16.9 Å². The number of benzene rings is 1. The van der Waals surface area contributed by atoms with Crippen LogP contribution in [-0.4, -0.2) is 25.2 Å². The molecule has 0 saturated carbocycles. The minimum Gasteiger partial charge on any atom is -0.311 e. The second-order valence-corrected chi connectivity index (χ2v) is 7.17. The highest BCUT2D eigenvalue weighted by Gasteiger charge is 2.15. The van der Waals surface area contributed by atoms with Crippen LogP contribution in [0.3, 0.4) is 0 Å². The van der Waals surface area contributed by atoms with Gasteiger partial charge in [0.05, 0.1) is 5.52 Å². The molecule has 3 aromatic heterocycles. The van der Waals surface area contributed by atoms with E-state index in [1.165, 1.54) is 0 Å². The van der Waals surface area contributed by atoms with Gasteiger partial charge in [-0.25, -0.2) is 0 Å². The SMILES string of the molecule is Cc1cc2c(cn1)cc(-c1cc(C(=O)Nc3ccn(C)n3)ccc1C)c(=O)n2C. The maximum absolute atomic E-state index is 13.1. The van der Waals surface area contributed by atoms with Crippen molar-refractivity contribution < 1.29 is 4.79 Å². The molecule has 0 bridgehead atoms. The third-order valence-corrected chi connectivity index (χ3v) is 4.99. The summed E-state index contributed by atoms with van der Waals surface area (Å²) >= 11 is 0. The van der Waals surface area contributed by atoms with Gasteiger partial charge in [-0.05, 0) is 49.2 Å². The summed E-state index contributed by atoms with van der Waals surface area (Å²) in [6, 6.07) is 10.8. The van der Waals surface area contributed by atoms with E-state index in [1.807, 2.05) is 32.0 Å². The molecule has 7 nitrogen and oxygen atoms in total. The Kier molecular flexibility index (Phi) is 4.50. The van der Waals surface area contributed by atoms with E-state index < -0.39 is 0 Å². The first kappa shape index (κ1) is 18.6. The highest BCUT2D eigenvalue weighted by atomic mass is 16.1. The van der Waals surface area contributed by atoms with Crippen LogP contribution in [0.5, 0.6) is 0 Å². The number of amides is 1. The lowest BCUT2D eigenvalue weighted by Gasteiger charge is -2.12. The molecule has 4 rings (SSSR count). The van der Waals surface area contributed by atoms with Crippen molar-refractivity contribution in [2.24, 2.45) is 14.1 Å². The summed E-state index contributed by atoms with van der Waals surface area (Å²) in [6.07, 6.45) is 3.52. The smallest absolute Gasteiger partial charge is 0.258 e. The van der Waals surface area contributed by atoms with Crippen LogP contribution in [-0.2, 0) is 14.1 Å². The molecule has 0 atom stereocenters. The van der Waals surface area contributed by atoms with Crippen molar-refractivity contribution in [3.05, 3.63) is 76.0 Å². The van der Waals surface area contributed by atoms with Crippen LogP contribution in [0.1, 0.15) is 21.6 Å². The van der Waals surface area contributed by atoms with Crippen LogP contribution < -0.4 is 10.9 Å². The van der Waals surface area contributed by atoms with Gasteiger partial charge in [-0.2, -0.15) is 5.10 Å². The van der Waals surface area contributed by atoms with Crippen LogP contribution in [0.15, 0.2) is 53.6 Å². The molecule has 0 aliphatic rings. The molecule has 0 aliphatic carbocycles. The van der Waals surface area contributed by atoms with E-state index >= 15 is 0 Å². The number of nitrogens with one attached hydrogen (secondary N) is 1. The van der Waals surface area contributed by atoms with Gasteiger partial charge in [0.1, 0.15) is 0 Å².